The summed E-state index contributed by atoms with van der Waals surface area (Å²) >= 11 is 0. The van der Waals surface area contributed by atoms with Crippen molar-refractivity contribution in [1.82, 2.24) is 10.6 Å². The Hall–Kier alpha value is -2.67. The van der Waals surface area contributed by atoms with Gasteiger partial charge in [-0.1, -0.05) is 56.3 Å². The lowest BCUT2D eigenvalue weighted by molar-refractivity contribution is -0.150. The van der Waals surface area contributed by atoms with Crippen molar-refractivity contribution in [2.24, 2.45) is 17.8 Å². The van der Waals surface area contributed by atoms with E-state index in [-0.39, 0.29) is 61.3 Å². The standard InChI is InChI=1S/C25H36N2O5/c1-17(2)22-16-32-25(31)21(13-19-9-5-4-6-10-19)12-8-7-11-20(24(30)27-22)14-23(29)26-18(3)15-28/h4-10,17-18,20-22,28H,11-16H2,1-3H3,(H,26,29)(H,27,30). The smallest absolute Gasteiger partial charge is 0.309 e. The van der Waals surface area contributed by atoms with Gasteiger partial charge in [-0.2, -0.15) is 0 Å². The van der Waals surface area contributed by atoms with Crippen molar-refractivity contribution in [3.63, 3.8) is 0 Å². The quantitative estimate of drug-likeness (QED) is 0.442. The molecule has 2 amide bonds. The Labute approximate surface area is 190 Å². The highest BCUT2D eigenvalue weighted by atomic mass is 16.5. The van der Waals surface area contributed by atoms with E-state index in [9.17, 15) is 14.4 Å². The molecule has 0 aromatic heterocycles. The van der Waals surface area contributed by atoms with Gasteiger partial charge in [-0.05, 0) is 37.7 Å². The molecular formula is C25H36N2O5. The van der Waals surface area contributed by atoms with Crippen molar-refractivity contribution >= 4 is 17.8 Å². The van der Waals surface area contributed by atoms with Gasteiger partial charge in [-0.15, -0.1) is 0 Å². The molecule has 3 N–H and O–H groups in total. The molecule has 0 saturated carbocycles. The molecule has 1 aromatic carbocycles. The van der Waals surface area contributed by atoms with Crippen molar-refractivity contribution < 1.29 is 24.2 Å². The molecule has 2 rings (SSSR count). The van der Waals surface area contributed by atoms with Crippen LogP contribution in [0.1, 0.15) is 45.6 Å². The second-order valence-corrected chi connectivity index (χ2v) is 8.87. The summed E-state index contributed by atoms with van der Waals surface area (Å²) < 4.78 is 5.61. The second kappa shape index (κ2) is 13.0. The van der Waals surface area contributed by atoms with Gasteiger partial charge < -0.3 is 20.5 Å². The second-order valence-electron chi connectivity index (χ2n) is 8.87. The number of carbonyl (C=O) groups excluding carboxylic acids is 3. The Morgan fingerprint density at radius 2 is 1.78 bits per heavy atom. The molecule has 1 aliphatic rings. The number of esters is 1. The number of amides is 2. The van der Waals surface area contributed by atoms with Gasteiger partial charge in [0.2, 0.25) is 11.8 Å². The third-order valence-corrected chi connectivity index (χ3v) is 5.69. The lowest BCUT2D eigenvalue weighted by Crippen LogP contribution is -2.46. The van der Waals surface area contributed by atoms with E-state index in [1.54, 1.807) is 6.92 Å². The minimum Gasteiger partial charge on any atom is -0.463 e. The van der Waals surface area contributed by atoms with Gasteiger partial charge in [0, 0.05) is 12.5 Å². The van der Waals surface area contributed by atoms with Gasteiger partial charge in [0.1, 0.15) is 6.61 Å². The highest BCUT2D eigenvalue weighted by Crippen LogP contribution is 2.19. The maximum atomic E-state index is 12.9. The molecule has 176 valence electrons. The average Bonchev–Trinajstić information content (AvgIpc) is 2.76. The minimum absolute atomic E-state index is 0.0263. The van der Waals surface area contributed by atoms with E-state index < -0.39 is 5.92 Å². The van der Waals surface area contributed by atoms with Crippen LogP contribution in [0.5, 0.6) is 0 Å². The Balaban J connectivity index is 2.16. The summed E-state index contributed by atoms with van der Waals surface area (Å²) in [6, 6.07) is 9.12. The molecule has 0 saturated heterocycles. The molecule has 7 heteroatoms. The van der Waals surface area contributed by atoms with Crippen LogP contribution in [0, 0.1) is 17.8 Å². The molecule has 4 atom stereocenters. The first kappa shape index (κ1) is 25.6. The summed E-state index contributed by atoms with van der Waals surface area (Å²) in [5.74, 6) is -1.58. The number of rotatable bonds is 7. The number of nitrogens with one attached hydrogen (secondary N) is 2. The topological polar surface area (TPSA) is 105 Å². The van der Waals surface area contributed by atoms with Crippen LogP contribution in [0.25, 0.3) is 0 Å². The van der Waals surface area contributed by atoms with Crippen LogP contribution < -0.4 is 10.6 Å². The largest absolute Gasteiger partial charge is 0.463 e. The van der Waals surface area contributed by atoms with Gasteiger partial charge in [0.25, 0.3) is 0 Å². The lowest BCUT2D eigenvalue weighted by atomic mass is 9.93. The van der Waals surface area contributed by atoms with E-state index >= 15 is 0 Å². The fourth-order valence-electron chi connectivity index (χ4n) is 3.56. The summed E-state index contributed by atoms with van der Waals surface area (Å²) in [6.07, 6.45) is 5.26. The number of aliphatic hydroxyl groups excluding tert-OH is 1. The number of ether oxygens (including phenoxy) is 1. The first-order valence-electron chi connectivity index (χ1n) is 11.4. The molecule has 32 heavy (non-hydrogen) atoms. The Bertz CT molecular complexity index is 778. The van der Waals surface area contributed by atoms with Gasteiger partial charge in [-0.25, -0.2) is 0 Å². The van der Waals surface area contributed by atoms with Crippen LogP contribution in [-0.2, 0) is 25.5 Å². The van der Waals surface area contributed by atoms with Crippen molar-refractivity contribution in [2.75, 3.05) is 13.2 Å². The molecule has 0 bridgehead atoms. The van der Waals surface area contributed by atoms with Crippen LogP contribution in [-0.4, -0.2) is 48.2 Å². The molecule has 7 nitrogen and oxygen atoms in total. The SMILES string of the molecule is CC(CO)NC(=O)CC1CC=CCC(Cc2ccccc2)C(=O)OCC(C(C)C)NC1=O. The summed E-state index contributed by atoms with van der Waals surface area (Å²) in [4.78, 5) is 38.0. The minimum atomic E-state index is -0.541. The maximum absolute atomic E-state index is 12.9. The average molecular weight is 445 g/mol. The number of carbonyl (C=O) groups is 3. The fourth-order valence-corrected chi connectivity index (χ4v) is 3.56. The van der Waals surface area contributed by atoms with Gasteiger partial charge in [0.05, 0.1) is 24.5 Å². The number of benzene rings is 1. The molecule has 1 heterocycles. The van der Waals surface area contributed by atoms with Crippen LogP contribution in [0.3, 0.4) is 0 Å². The van der Waals surface area contributed by atoms with E-state index in [1.165, 1.54) is 0 Å². The summed E-state index contributed by atoms with van der Waals surface area (Å²) in [6.45, 7) is 5.55. The highest BCUT2D eigenvalue weighted by molar-refractivity contribution is 5.86. The summed E-state index contributed by atoms with van der Waals surface area (Å²) in [5.41, 5.74) is 1.07. The fraction of sp³-hybridized carbons (Fsp3) is 0.560. The zero-order chi connectivity index (χ0) is 23.5. The predicted molar refractivity (Wildman–Crippen MR) is 123 cm³/mol. The molecule has 0 radical (unpaired) electrons. The Morgan fingerprint density at radius 3 is 2.41 bits per heavy atom. The summed E-state index contributed by atoms with van der Waals surface area (Å²) in [7, 11) is 0. The van der Waals surface area contributed by atoms with Gasteiger partial charge in [0.15, 0.2) is 0 Å². The number of hydrogen-bond acceptors (Lipinski definition) is 5. The van der Waals surface area contributed by atoms with Crippen molar-refractivity contribution in [1.29, 1.82) is 0 Å². The van der Waals surface area contributed by atoms with Crippen LogP contribution in [0.15, 0.2) is 42.5 Å². The number of hydrogen-bond donors (Lipinski definition) is 3. The van der Waals surface area contributed by atoms with Crippen molar-refractivity contribution in [3.8, 4) is 0 Å². The van der Waals surface area contributed by atoms with Gasteiger partial charge in [-0.3, -0.25) is 14.4 Å². The van der Waals surface area contributed by atoms with E-state index in [1.807, 2.05) is 56.3 Å². The number of aliphatic hydroxyl groups is 1. The van der Waals surface area contributed by atoms with Crippen molar-refractivity contribution in [2.45, 2.75) is 58.5 Å². The van der Waals surface area contributed by atoms with E-state index in [4.69, 9.17) is 9.84 Å². The Morgan fingerprint density at radius 1 is 1.12 bits per heavy atom. The number of allylic oxidation sites excluding steroid dienone is 2. The maximum Gasteiger partial charge on any atom is 0.309 e. The summed E-state index contributed by atoms with van der Waals surface area (Å²) in [5, 5.41) is 14.8. The van der Waals surface area contributed by atoms with Crippen LogP contribution in [0.4, 0.5) is 0 Å². The highest BCUT2D eigenvalue weighted by Gasteiger charge is 2.28. The molecule has 1 aromatic rings. The van der Waals surface area contributed by atoms with Crippen LogP contribution in [0.2, 0.25) is 0 Å². The van der Waals surface area contributed by atoms with E-state index in [0.717, 1.165) is 5.56 Å². The predicted octanol–water partition coefficient (Wildman–Crippen LogP) is 2.38. The normalized spacial score (nSPS) is 23.5. The zero-order valence-electron chi connectivity index (χ0n) is 19.3. The van der Waals surface area contributed by atoms with Crippen molar-refractivity contribution in [3.05, 3.63) is 48.0 Å². The van der Waals surface area contributed by atoms with E-state index in [0.29, 0.717) is 19.3 Å². The molecule has 4 unspecified atom stereocenters. The molecule has 1 aliphatic heterocycles. The Kier molecular flexibility index (Phi) is 10.4. The molecular weight excluding hydrogens is 408 g/mol. The third-order valence-electron chi connectivity index (χ3n) is 5.69. The molecule has 0 fully saturated rings. The first-order chi connectivity index (χ1) is 15.3. The van der Waals surface area contributed by atoms with Crippen LogP contribution >= 0.6 is 0 Å². The number of cyclic esters (lactones) is 1. The molecule has 0 spiro atoms. The molecule has 0 aliphatic carbocycles. The lowest BCUT2D eigenvalue weighted by Gasteiger charge is -2.26. The van der Waals surface area contributed by atoms with Gasteiger partial charge >= 0.3 is 5.97 Å². The third kappa shape index (κ3) is 8.46. The zero-order valence-corrected chi connectivity index (χ0v) is 19.3. The van der Waals surface area contributed by atoms with E-state index in [2.05, 4.69) is 10.6 Å². The first-order valence-corrected chi connectivity index (χ1v) is 11.4. The monoisotopic (exact) mass is 444 g/mol.